The summed E-state index contributed by atoms with van der Waals surface area (Å²) < 4.78 is 2.08. The summed E-state index contributed by atoms with van der Waals surface area (Å²) in [5, 5.41) is 23.4. The van der Waals surface area contributed by atoms with Crippen molar-refractivity contribution < 1.29 is 5.11 Å². The van der Waals surface area contributed by atoms with Crippen molar-refractivity contribution in [3.8, 4) is 29.7 Å². The molecule has 0 spiro atoms. The Labute approximate surface area is 203 Å². The van der Waals surface area contributed by atoms with E-state index >= 15 is 0 Å². The molecule has 2 aromatic heterocycles. The number of rotatable bonds is 4. The third-order valence-electron chi connectivity index (χ3n) is 6.25. The molecule has 1 aromatic carbocycles. The molecule has 0 unspecified atom stereocenters. The molecule has 3 aromatic rings. The number of nitrogens with one attached hydrogen (secondary N) is 1. The molecule has 2 N–H and O–H groups in total. The van der Waals surface area contributed by atoms with Crippen LogP contribution in [-0.2, 0) is 0 Å². The number of piperidine rings is 1. The van der Waals surface area contributed by atoms with Gasteiger partial charge in [0.15, 0.2) is 0 Å². The van der Waals surface area contributed by atoms with E-state index in [1.807, 2.05) is 37.3 Å². The molecule has 34 heavy (non-hydrogen) atoms. The van der Waals surface area contributed by atoms with Crippen LogP contribution in [0.15, 0.2) is 42.7 Å². The highest BCUT2D eigenvalue weighted by Crippen LogP contribution is 2.37. The van der Waals surface area contributed by atoms with E-state index in [2.05, 4.69) is 72.8 Å². The zero-order valence-corrected chi connectivity index (χ0v) is 21.0. The predicted octanol–water partition coefficient (Wildman–Crippen LogP) is 5.65. The number of benzene rings is 1. The highest BCUT2D eigenvalue weighted by atomic mass is 16.3. The fourth-order valence-electron chi connectivity index (χ4n) is 5.14. The SMILES string of the molecule is C#C.C/C(=C\c1nnn(C2CC(C)(C)NC(C)(C)C2)c1C)c1ccc(-c2cccnc2)cc1O. The van der Waals surface area contributed by atoms with E-state index in [-0.39, 0.29) is 16.8 Å². The van der Waals surface area contributed by atoms with Gasteiger partial charge in [0.05, 0.1) is 11.7 Å². The monoisotopic (exact) mass is 457 g/mol. The maximum Gasteiger partial charge on any atom is 0.123 e. The van der Waals surface area contributed by atoms with E-state index in [9.17, 15) is 5.11 Å². The van der Waals surface area contributed by atoms with Crippen LogP contribution in [-0.4, -0.2) is 36.2 Å². The van der Waals surface area contributed by atoms with Crippen molar-refractivity contribution in [3.05, 3.63) is 59.7 Å². The Morgan fingerprint density at radius 3 is 2.38 bits per heavy atom. The predicted molar refractivity (Wildman–Crippen MR) is 139 cm³/mol. The molecule has 0 aliphatic carbocycles. The Bertz CT molecular complexity index is 1170. The first-order valence-electron chi connectivity index (χ1n) is 11.5. The Kier molecular flexibility index (Phi) is 7.28. The summed E-state index contributed by atoms with van der Waals surface area (Å²) in [6, 6.07) is 9.90. The fraction of sp³-hybridized carbons (Fsp3) is 0.393. The Hall–Kier alpha value is -3.43. The molecule has 1 fully saturated rings. The average molecular weight is 458 g/mol. The second kappa shape index (κ2) is 9.82. The third kappa shape index (κ3) is 5.55. The van der Waals surface area contributed by atoms with E-state index < -0.39 is 0 Å². The van der Waals surface area contributed by atoms with Crippen molar-refractivity contribution in [2.24, 2.45) is 0 Å². The second-order valence-electron chi connectivity index (χ2n) is 10.3. The normalized spacial score (nSPS) is 17.6. The highest BCUT2D eigenvalue weighted by molar-refractivity contribution is 5.83. The lowest BCUT2D eigenvalue weighted by Crippen LogP contribution is -2.58. The summed E-state index contributed by atoms with van der Waals surface area (Å²) in [7, 11) is 0. The number of phenolic OH excluding ortho intramolecular Hbond substituents is 1. The van der Waals surface area contributed by atoms with Gasteiger partial charge in [0, 0.05) is 34.6 Å². The summed E-state index contributed by atoms with van der Waals surface area (Å²) in [6.45, 7) is 13.1. The highest BCUT2D eigenvalue weighted by Gasteiger charge is 2.39. The Morgan fingerprint density at radius 1 is 1.12 bits per heavy atom. The van der Waals surface area contributed by atoms with Crippen molar-refractivity contribution in [2.75, 3.05) is 0 Å². The quantitative estimate of drug-likeness (QED) is 0.496. The molecule has 3 heterocycles. The van der Waals surface area contributed by atoms with Gasteiger partial charge < -0.3 is 10.4 Å². The molecule has 178 valence electrons. The number of pyridine rings is 1. The summed E-state index contributed by atoms with van der Waals surface area (Å²) in [5.74, 6) is 0.243. The molecule has 0 atom stereocenters. The first-order valence-corrected chi connectivity index (χ1v) is 11.5. The van der Waals surface area contributed by atoms with E-state index in [0.717, 1.165) is 46.5 Å². The summed E-state index contributed by atoms with van der Waals surface area (Å²) in [6.07, 6.45) is 15.5. The zero-order chi connectivity index (χ0) is 25.1. The fourth-order valence-corrected chi connectivity index (χ4v) is 5.14. The average Bonchev–Trinajstić information content (AvgIpc) is 3.13. The number of phenols is 1. The maximum absolute atomic E-state index is 10.7. The molecule has 1 aliphatic rings. The van der Waals surface area contributed by atoms with Crippen LogP contribution in [0.1, 0.15) is 70.5 Å². The summed E-state index contributed by atoms with van der Waals surface area (Å²) in [4.78, 5) is 4.16. The second-order valence-corrected chi connectivity index (χ2v) is 10.3. The topological polar surface area (TPSA) is 75.9 Å². The van der Waals surface area contributed by atoms with Crippen molar-refractivity contribution >= 4 is 11.6 Å². The largest absolute Gasteiger partial charge is 0.507 e. The smallest absolute Gasteiger partial charge is 0.123 e. The molecule has 0 saturated carbocycles. The Balaban J connectivity index is 0.00000158. The van der Waals surface area contributed by atoms with Gasteiger partial charge in [-0.05, 0) is 83.7 Å². The first kappa shape index (κ1) is 25.2. The van der Waals surface area contributed by atoms with Crippen LogP contribution < -0.4 is 5.32 Å². The van der Waals surface area contributed by atoms with Crippen LogP contribution in [0.3, 0.4) is 0 Å². The van der Waals surface area contributed by atoms with Crippen molar-refractivity contribution in [1.82, 2.24) is 25.3 Å². The van der Waals surface area contributed by atoms with Crippen LogP contribution in [0.2, 0.25) is 0 Å². The van der Waals surface area contributed by atoms with E-state index in [1.165, 1.54) is 0 Å². The van der Waals surface area contributed by atoms with E-state index in [1.54, 1.807) is 18.5 Å². The molecular formula is C28H35N5O. The molecular weight excluding hydrogens is 422 g/mol. The molecule has 0 amide bonds. The summed E-state index contributed by atoms with van der Waals surface area (Å²) in [5.41, 5.74) is 5.61. The van der Waals surface area contributed by atoms with Gasteiger partial charge >= 0.3 is 0 Å². The lowest BCUT2D eigenvalue weighted by molar-refractivity contribution is 0.124. The number of allylic oxidation sites excluding steroid dienone is 1. The zero-order valence-electron chi connectivity index (χ0n) is 21.0. The van der Waals surface area contributed by atoms with E-state index in [4.69, 9.17) is 0 Å². The van der Waals surface area contributed by atoms with Crippen molar-refractivity contribution in [1.29, 1.82) is 0 Å². The third-order valence-corrected chi connectivity index (χ3v) is 6.25. The molecule has 6 heteroatoms. The van der Waals surface area contributed by atoms with Gasteiger partial charge in [0.2, 0.25) is 0 Å². The molecule has 4 rings (SSSR count). The summed E-state index contributed by atoms with van der Waals surface area (Å²) >= 11 is 0. The standard InChI is InChI=1S/C26H33N5O.C2H2/c1-17(22-10-9-19(13-24(22)32)20-8-7-11-27-16-20)12-23-18(2)31(30-28-23)21-14-25(3,4)29-26(5,6)15-21;1-2/h7-13,16,21,29,32H,14-15H2,1-6H3;1-2H/b17-12+;. The van der Waals surface area contributed by atoms with Gasteiger partial charge in [-0.3, -0.25) is 4.98 Å². The number of terminal acetylenes is 1. The van der Waals surface area contributed by atoms with Gasteiger partial charge in [-0.2, -0.15) is 0 Å². The van der Waals surface area contributed by atoms with Crippen molar-refractivity contribution in [3.63, 3.8) is 0 Å². The number of aromatic hydroxyl groups is 1. The van der Waals surface area contributed by atoms with Crippen LogP contribution in [0.4, 0.5) is 0 Å². The molecule has 0 bridgehead atoms. The molecule has 6 nitrogen and oxygen atoms in total. The van der Waals surface area contributed by atoms with Crippen LogP contribution >= 0.6 is 0 Å². The van der Waals surface area contributed by atoms with Crippen molar-refractivity contribution in [2.45, 2.75) is 71.5 Å². The Morgan fingerprint density at radius 2 is 1.79 bits per heavy atom. The number of hydrogen-bond acceptors (Lipinski definition) is 5. The molecule has 1 saturated heterocycles. The van der Waals surface area contributed by atoms with Gasteiger partial charge in [0.25, 0.3) is 0 Å². The minimum Gasteiger partial charge on any atom is -0.507 e. The van der Waals surface area contributed by atoms with Gasteiger partial charge in [-0.15, -0.1) is 17.9 Å². The number of hydrogen-bond donors (Lipinski definition) is 2. The van der Waals surface area contributed by atoms with Crippen LogP contribution in [0.5, 0.6) is 5.75 Å². The maximum atomic E-state index is 10.7. The van der Waals surface area contributed by atoms with Gasteiger partial charge in [0.1, 0.15) is 11.4 Å². The van der Waals surface area contributed by atoms with Crippen LogP contribution in [0, 0.1) is 19.8 Å². The lowest BCUT2D eigenvalue weighted by Gasteiger charge is -2.46. The van der Waals surface area contributed by atoms with Crippen LogP contribution in [0.25, 0.3) is 22.8 Å². The minimum atomic E-state index is 0.0402. The number of aromatic nitrogens is 4. The van der Waals surface area contributed by atoms with Gasteiger partial charge in [-0.25, -0.2) is 4.68 Å². The van der Waals surface area contributed by atoms with E-state index in [0.29, 0.717) is 6.04 Å². The van der Waals surface area contributed by atoms with Gasteiger partial charge in [-0.1, -0.05) is 23.4 Å². The molecule has 1 aliphatic heterocycles. The molecule has 0 radical (unpaired) electrons. The first-order chi connectivity index (χ1) is 16.0. The lowest BCUT2D eigenvalue weighted by atomic mass is 9.79. The number of nitrogens with zero attached hydrogens (tertiary/aromatic N) is 4. The minimum absolute atomic E-state index is 0.0402.